The zero-order valence-corrected chi connectivity index (χ0v) is 14.9. The summed E-state index contributed by atoms with van der Waals surface area (Å²) >= 11 is 0. The van der Waals surface area contributed by atoms with Gasteiger partial charge in [0, 0.05) is 45.6 Å². The molecule has 0 atom stereocenters. The third kappa shape index (κ3) is 4.68. The molecule has 3 saturated heterocycles. The van der Waals surface area contributed by atoms with Crippen LogP contribution in [0.4, 0.5) is 0 Å². The van der Waals surface area contributed by atoms with Gasteiger partial charge in [0.2, 0.25) is 17.7 Å². The summed E-state index contributed by atoms with van der Waals surface area (Å²) in [5, 5.41) is 3.38. The fourth-order valence-electron chi connectivity index (χ4n) is 3.64. The lowest BCUT2D eigenvalue weighted by atomic mass is 9.97. The first kappa shape index (κ1) is 19.1. The van der Waals surface area contributed by atoms with Crippen LogP contribution in [0.3, 0.4) is 0 Å². The number of piperazine rings is 1. The van der Waals surface area contributed by atoms with Crippen LogP contribution in [-0.2, 0) is 14.4 Å². The van der Waals surface area contributed by atoms with Gasteiger partial charge in [-0.1, -0.05) is 0 Å². The number of imide groups is 1. The molecular formula is C16H27ClN4O3. The SMILES string of the molecule is Cl.O=C(CN1C(=O)CCC1=O)N1CCN(CC2CCNCC2)CC1. The van der Waals surface area contributed by atoms with Crippen molar-refractivity contribution in [3.63, 3.8) is 0 Å². The van der Waals surface area contributed by atoms with E-state index in [1.807, 2.05) is 0 Å². The average molecular weight is 359 g/mol. The second kappa shape index (κ2) is 8.78. The van der Waals surface area contributed by atoms with Crippen molar-refractivity contribution in [2.75, 3.05) is 52.4 Å². The van der Waals surface area contributed by atoms with E-state index in [2.05, 4.69) is 10.2 Å². The summed E-state index contributed by atoms with van der Waals surface area (Å²) in [6, 6.07) is 0. The average Bonchev–Trinajstić information content (AvgIpc) is 2.88. The van der Waals surface area contributed by atoms with E-state index in [0.29, 0.717) is 13.1 Å². The van der Waals surface area contributed by atoms with Crippen LogP contribution >= 0.6 is 12.4 Å². The summed E-state index contributed by atoms with van der Waals surface area (Å²) < 4.78 is 0. The van der Waals surface area contributed by atoms with E-state index in [0.717, 1.165) is 43.5 Å². The lowest BCUT2D eigenvalue weighted by molar-refractivity contribution is -0.146. The van der Waals surface area contributed by atoms with Crippen molar-refractivity contribution in [2.45, 2.75) is 25.7 Å². The minimum absolute atomic E-state index is 0. The number of nitrogens with zero attached hydrogens (tertiary/aromatic N) is 3. The fourth-order valence-corrected chi connectivity index (χ4v) is 3.64. The molecule has 3 amide bonds. The smallest absolute Gasteiger partial charge is 0.242 e. The maximum absolute atomic E-state index is 12.3. The standard InChI is InChI=1S/C16H26N4O3.ClH/c21-14-1-2-15(22)20(14)12-16(23)19-9-7-18(8-10-19)11-13-3-5-17-6-4-13;/h13,17H,1-12H2;1H. The number of amides is 3. The van der Waals surface area contributed by atoms with Crippen molar-refractivity contribution >= 4 is 30.1 Å². The lowest BCUT2D eigenvalue weighted by Crippen LogP contribution is -2.52. The third-order valence-electron chi connectivity index (χ3n) is 5.15. The Bertz CT molecular complexity index is 458. The van der Waals surface area contributed by atoms with Crippen LogP contribution < -0.4 is 5.32 Å². The van der Waals surface area contributed by atoms with E-state index in [-0.39, 0.29) is 49.5 Å². The maximum atomic E-state index is 12.3. The Morgan fingerprint density at radius 2 is 1.58 bits per heavy atom. The highest BCUT2D eigenvalue weighted by Crippen LogP contribution is 2.16. The van der Waals surface area contributed by atoms with Gasteiger partial charge >= 0.3 is 0 Å². The monoisotopic (exact) mass is 358 g/mol. The van der Waals surface area contributed by atoms with Gasteiger partial charge in [-0.15, -0.1) is 12.4 Å². The Hall–Kier alpha value is -1.18. The maximum Gasteiger partial charge on any atom is 0.242 e. The molecule has 1 N–H and O–H groups in total. The summed E-state index contributed by atoms with van der Waals surface area (Å²) in [5.74, 6) is 0.231. The number of carbonyl (C=O) groups excluding carboxylic acids is 3. The van der Waals surface area contributed by atoms with Gasteiger partial charge in [-0.05, 0) is 31.8 Å². The molecule has 136 valence electrons. The third-order valence-corrected chi connectivity index (χ3v) is 5.15. The number of hydrogen-bond acceptors (Lipinski definition) is 5. The van der Waals surface area contributed by atoms with Crippen molar-refractivity contribution in [1.29, 1.82) is 0 Å². The van der Waals surface area contributed by atoms with E-state index >= 15 is 0 Å². The van der Waals surface area contributed by atoms with Crippen LogP contribution in [0.1, 0.15) is 25.7 Å². The van der Waals surface area contributed by atoms with Gasteiger partial charge in [0.05, 0.1) is 0 Å². The molecule has 3 fully saturated rings. The van der Waals surface area contributed by atoms with E-state index in [1.54, 1.807) is 4.90 Å². The summed E-state index contributed by atoms with van der Waals surface area (Å²) in [5.41, 5.74) is 0. The molecule has 24 heavy (non-hydrogen) atoms. The molecule has 0 aromatic heterocycles. The van der Waals surface area contributed by atoms with E-state index in [9.17, 15) is 14.4 Å². The van der Waals surface area contributed by atoms with Crippen LogP contribution in [0.25, 0.3) is 0 Å². The Morgan fingerprint density at radius 3 is 2.17 bits per heavy atom. The minimum atomic E-state index is -0.215. The van der Waals surface area contributed by atoms with Crippen molar-refractivity contribution in [1.82, 2.24) is 20.0 Å². The van der Waals surface area contributed by atoms with Gasteiger partial charge < -0.3 is 10.2 Å². The Morgan fingerprint density at radius 1 is 1.00 bits per heavy atom. The van der Waals surface area contributed by atoms with Crippen LogP contribution in [0.2, 0.25) is 0 Å². The second-order valence-corrected chi connectivity index (χ2v) is 6.75. The Kier molecular flexibility index (Phi) is 7.01. The van der Waals surface area contributed by atoms with Gasteiger partial charge in [-0.2, -0.15) is 0 Å². The van der Waals surface area contributed by atoms with E-state index < -0.39 is 0 Å². The largest absolute Gasteiger partial charge is 0.339 e. The minimum Gasteiger partial charge on any atom is -0.339 e. The number of hydrogen-bond donors (Lipinski definition) is 1. The number of carbonyl (C=O) groups is 3. The zero-order chi connectivity index (χ0) is 16.2. The number of halogens is 1. The highest BCUT2D eigenvalue weighted by atomic mass is 35.5. The molecule has 0 aromatic rings. The quantitative estimate of drug-likeness (QED) is 0.699. The van der Waals surface area contributed by atoms with Crippen LogP contribution in [0.15, 0.2) is 0 Å². The molecular weight excluding hydrogens is 332 g/mol. The zero-order valence-electron chi connectivity index (χ0n) is 14.0. The molecule has 0 aromatic carbocycles. The summed E-state index contributed by atoms with van der Waals surface area (Å²) in [6.45, 7) is 6.43. The Balaban J connectivity index is 0.00000208. The molecule has 0 radical (unpaired) electrons. The molecule has 0 unspecified atom stereocenters. The molecule has 7 nitrogen and oxygen atoms in total. The van der Waals surface area contributed by atoms with Crippen molar-refractivity contribution < 1.29 is 14.4 Å². The first-order chi connectivity index (χ1) is 11.1. The lowest BCUT2D eigenvalue weighted by Gasteiger charge is -2.37. The number of piperidine rings is 1. The number of nitrogens with one attached hydrogen (secondary N) is 1. The van der Waals surface area contributed by atoms with Crippen molar-refractivity contribution in [2.24, 2.45) is 5.92 Å². The fraction of sp³-hybridized carbons (Fsp3) is 0.812. The molecule has 0 saturated carbocycles. The van der Waals surface area contributed by atoms with Crippen molar-refractivity contribution in [3.8, 4) is 0 Å². The van der Waals surface area contributed by atoms with Crippen LogP contribution in [0.5, 0.6) is 0 Å². The summed E-state index contributed by atoms with van der Waals surface area (Å²) in [6.07, 6.45) is 2.96. The highest BCUT2D eigenvalue weighted by Gasteiger charge is 2.32. The van der Waals surface area contributed by atoms with E-state index in [4.69, 9.17) is 0 Å². The predicted octanol–water partition coefficient (Wildman–Crippen LogP) is -0.299. The van der Waals surface area contributed by atoms with Gasteiger partial charge in [0.15, 0.2) is 0 Å². The van der Waals surface area contributed by atoms with Gasteiger partial charge in [-0.25, -0.2) is 0 Å². The van der Waals surface area contributed by atoms with Crippen molar-refractivity contribution in [3.05, 3.63) is 0 Å². The molecule has 8 heteroatoms. The first-order valence-corrected chi connectivity index (χ1v) is 8.67. The molecule has 3 rings (SSSR count). The summed E-state index contributed by atoms with van der Waals surface area (Å²) in [4.78, 5) is 40.8. The molecule has 3 heterocycles. The summed E-state index contributed by atoms with van der Waals surface area (Å²) in [7, 11) is 0. The predicted molar refractivity (Wildman–Crippen MR) is 91.8 cm³/mol. The van der Waals surface area contributed by atoms with Crippen LogP contribution in [0, 0.1) is 5.92 Å². The molecule has 3 aliphatic rings. The molecule has 0 spiro atoms. The molecule has 0 aliphatic carbocycles. The van der Waals surface area contributed by atoms with Gasteiger partial charge in [0.1, 0.15) is 6.54 Å². The molecule has 3 aliphatic heterocycles. The first-order valence-electron chi connectivity index (χ1n) is 8.67. The van der Waals surface area contributed by atoms with Crippen LogP contribution in [-0.4, -0.2) is 84.8 Å². The Labute approximate surface area is 149 Å². The number of rotatable bonds is 4. The van der Waals surface area contributed by atoms with Gasteiger partial charge in [-0.3, -0.25) is 24.2 Å². The topological polar surface area (TPSA) is 73.0 Å². The second-order valence-electron chi connectivity index (χ2n) is 6.75. The van der Waals surface area contributed by atoms with Gasteiger partial charge in [0.25, 0.3) is 0 Å². The highest BCUT2D eigenvalue weighted by molar-refractivity contribution is 6.04. The normalized spacial score (nSPS) is 23.5. The number of likely N-dealkylation sites (tertiary alicyclic amines) is 1. The van der Waals surface area contributed by atoms with E-state index in [1.165, 1.54) is 12.8 Å². The molecule has 0 bridgehead atoms.